The fourth-order valence-electron chi connectivity index (χ4n) is 2.50. The zero-order valence-electron chi connectivity index (χ0n) is 14.2. The molecule has 0 atom stereocenters. The van der Waals surface area contributed by atoms with E-state index in [1.165, 1.54) is 21.9 Å². The molecule has 0 aromatic heterocycles. The van der Waals surface area contributed by atoms with Crippen molar-refractivity contribution >= 4 is 17.9 Å². The van der Waals surface area contributed by atoms with E-state index >= 15 is 0 Å². The van der Waals surface area contributed by atoms with Gasteiger partial charge in [0.2, 0.25) is 0 Å². The van der Waals surface area contributed by atoms with Gasteiger partial charge in [0.05, 0.1) is 6.61 Å². The number of nitrogens with one attached hydrogen (secondary N) is 1. The van der Waals surface area contributed by atoms with Gasteiger partial charge in [-0.3, -0.25) is 9.59 Å². The fraction of sp³-hybridized carbons (Fsp3) is 0.471. The number of amides is 3. The Balaban J connectivity index is 1.72. The maximum absolute atomic E-state index is 12.8. The van der Waals surface area contributed by atoms with Crippen molar-refractivity contribution < 1.29 is 23.5 Å². The van der Waals surface area contributed by atoms with Gasteiger partial charge in [-0.1, -0.05) is 12.1 Å². The third-order valence-corrected chi connectivity index (χ3v) is 3.90. The Labute approximate surface area is 145 Å². The van der Waals surface area contributed by atoms with Gasteiger partial charge in [0.25, 0.3) is 0 Å². The van der Waals surface area contributed by atoms with Crippen LogP contribution in [0.1, 0.15) is 12.5 Å². The Morgan fingerprint density at radius 1 is 1.08 bits per heavy atom. The molecule has 0 bridgehead atoms. The molecule has 3 amide bonds. The van der Waals surface area contributed by atoms with Crippen LogP contribution in [0.5, 0.6) is 0 Å². The second kappa shape index (κ2) is 9.00. The molecule has 0 saturated carbocycles. The van der Waals surface area contributed by atoms with Gasteiger partial charge in [-0.05, 0) is 31.0 Å². The number of carbonyl (C=O) groups is 3. The molecule has 0 radical (unpaired) electrons. The second-order valence-electron chi connectivity index (χ2n) is 5.61. The van der Waals surface area contributed by atoms with Crippen molar-refractivity contribution in [2.75, 3.05) is 39.3 Å². The summed E-state index contributed by atoms with van der Waals surface area (Å²) in [5.74, 6) is -1.60. The molecule has 1 saturated heterocycles. The van der Waals surface area contributed by atoms with Gasteiger partial charge in [-0.15, -0.1) is 0 Å². The molecule has 1 aliphatic rings. The highest BCUT2D eigenvalue weighted by atomic mass is 19.1. The summed E-state index contributed by atoms with van der Waals surface area (Å²) in [7, 11) is 0. The first-order valence-corrected chi connectivity index (χ1v) is 8.24. The molecule has 8 heteroatoms. The summed E-state index contributed by atoms with van der Waals surface area (Å²) in [6.45, 7) is 3.59. The lowest BCUT2D eigenvalue weighted by Gasteiger charge is -2.33. The van der Waals surface area contributed by atoms with Crippen molar-refractivity contribution in [2.24, 2.45) is 0 Å². The van der Waals surface area contributed by atoms with E-state index in [0.29, 0.717) is 45.8 Å². The van der Waals surface area contributed by atoms with Crippen molar-refractivity contribution in [1.29, 1.82) is 0 Å². The first-order valence-electron chi connectivity index (χ1n) is 8.24. The quantitative estimate of drug-likeness (QED) is 0.814. The van der Waals surface area contributed by atoms with Gasteiger partial charge in [0, 0.05) is 32.7 Å². The van der Waals surface area contributed by atoms with Crippen molar-refractivity contribution in [2.45, 2.75) is 13.3 Å². The van der Waals surface area contributed by atoms with E-state index in [1.54, 1.807) is 19.1 Å². The molecule has 0 spiro atoms. The van der Waals surface area contributed by atoms with Crippen molar-refractivity contribution in [3.8, 4) is 0 Å². The minimum Gasteiger partial charge on any atom is -0.450 e. The predicted octanol–water partition coefficient (Wildman–Crippen LogP) is 0.785. The number of carbonyl (C=O) groups excluding carboxylic acids is 3. The summed E-state index contributed by atoms with van der Waals surface area (Å²) in [6.07, 6.45) is 0.106. The SMILES string of the molecule is CCOC(=O)N1CCN(C(=O)C(=O)NCCc2ccc(F)cc2)CC1. The second-order valence-corrected chi connectivity index (χ2v) is 5.61. The van der Waals surface area contributed by atoms with Crippen molar-refractivity contribution in [3.63, 3.8) is 0 Å². The Kier molecular flexibility index (Phi) is 6.73. The summed E-state index contributed by atoms with van der Waals surface area (Å²) in [5, 5.41) is 2.57. The number of hydrogen-bond donors (Lipinski definition) is 1. The highest BCUT2D eigenvalue weighted by Gasteiger charge is 2.28. The maximum atomic E-state index is 12.8. The van der Waals surface area contributed by atoms with Gasteiger partial charge in [0.1, 0.15) is 5.82 Å². The van der Waals surface area contributed by atoms with Crippen LogP contribution in [0.3, 0.4) is 0 Å². The van der Waals surface area contributed by atoms with Crippen LogP contribution < -0.4 is 5.32 Å². The number of halogens is 1. The standard InChI is InChI=1S/C17H22FN3O4/c1-2-25-17(24)21-11-9-20(10-12-21)16(23)15(22)19-8-7-13-3-5-14(18)6-4-13/h3-6H,2,7-12H2,1H3,(H,19,22). The number of benzene rings is 1. The van der Waals surface area contributed by atoms with Crippen LogP contribution in [0.4, 0.5) is 9.18 Å². The summed E-state index contributed by atoms with van der Waals surface area (Å²) >= 11 is 0. The topological polar surface area (TPSA) is 79.0 Å². The zero-order chi connectivity index (χ0) is 18.2. The Hall–Kier alpha value is -2.64. The Morgan fingerprint density at radius 2 is 1.68 bits per heavy atom. The average molecular weight is 351 g/mol. The van der Waals surface area contributed by atoms with Crippen LogP contribution >= 0.6 is 0 Å². The Bertz CT molecular complexity index is 613. The monoisotopic (exact) mass is 351 g/mol. The van der Waals surface area contributed by atoms with Crippen LogP contribution in [0, 0.1) is 5.82 Å². The molecule has 1 heterocycles. The lowest BCUT2D eigenvalue weighted by molar-refractivity contribution is -0.146. The molecular weight excluding hydrogens is 329 g/mol. The van der Waals surface area contributed by atoms with E-state index in [9.17, 15) is 18.8 Å². The van der Waals surface area contributed by atoms with Crippen molar-refractivity contribution in [3.05, 3.63) is 35.6 Å². The molecular formula is C17H22FN3O4. The number of piperazine rings is 1. The predicted molar refractivity (Wildman–Crippen MR) is 88.3 cm³/mol. The smallest absolute Gasteiger partial charge is 0.409 e. The highest BCUT2D eigenvalue weighted by Crippen LogP contribution is 2.05. The average Bonchev–Trinajstić information content (AvgIpc) is 2.63. The molecule has 25 heavy (non-hydrogen) atoms. The van der Waals surface area contributed by atoms with Crippen LogP contribution in [0.25, 0.3) is 0 Å². The van der Waals surface area contributed by atoms with Crippen LogP contribution in [-0.4, -0.2) is 67.0 Å². The third kappa shape index (κ3) is 5.44. The number of rotatable bonds is 4. The van der Waals surface area contributed by atoms with E-state index in [4.69, 9.17) is 4.74 Å². The van der Waals surface area contributed by atoms with Crippen LogP contribution in [-0.2, 0) is 20.7 Å². The Morgan fingerprint density at radius 3 is 2.28 bits per heavy atom. The molecule has 2 rings (SSSR count). The molecule has 1 N–H and O–H groups in total. The first kappa shape index (κ1) is 18.7. The molecule has 1 aromatic carbocycles. The lowest BCUT2D eigenvalue weighted by atomic mass is 10.1. The van der Waals surface area contributed by atoms with Crippen LogP contribution in [0.2, 0.25) is 0 Å². The van der Waals surface area contributed by atoms with Gasteiger partial charge in [0.15, 0.2) is 0 Å². The minimum absolute atomic E-state index is 0.291. The molecule has 136 valence electrons. The van der Waals surface area contributed by atoms with Gasteiger partial charge < -0.3 is 19.9 Å². The van der Waals surface area contributed by atoms with E-state index in [-0.39, 0.29) is 5.82 Å². The fourth-order valence-corrected chi connectivity index (χ4v) is 2.50. The summed E-state index contributed by atoms with van der Waals surface area (Å²) < 4.78 is 17.7. The third-order valence-electron chi connectivity index (χ3n) is 3.90. The van der Waals surface area contributed by atoms with E-state index < -0.39 is 17.9 Å². The number of nitrogens with zero attached hydrogens (tertiary/aromatic N) is 2. The summed E-state index contributed by atoms with van der Waals surface area (Å²) in [6, 6.07) is 5.98. The van der Waals surface area contributed by atoms with Gasteiger partial charge in [-0.2, -0.15) is 0 Å². The lowest BCUT2D eigenvalue weighted by Crippen LogP contribution is -2.54. The molecule has 1 fully saturated rings. The van der Waals surface area contributed by atoms with E-state index in [0.717, 1.165) is 5.56 Å². The molecule has 1 aromatic rings. The number of hydrogen-bond acceptors (Lipinski definition) is 4. The van der Waals surface area contributed by atoms with E-state index in [2.05, 4.69) is 5.32 Å². The highest BCUT2D eigenvalue weighted by molar-refractivity contribution is 6.35. The maximum Gasteiger partial charge on any atom is 0.409 e. The van der Waals surface area contributed by atoms with Crippen LogP contribution in [0.15, 0.2) is 24.3 Å². The van der Waals surface area contributed by atoms with Crippen molar-refractivity contribution in [1.82, 2.24) is 15.1 Å². The number of ether oxygens (including phenoxy) is 1. The largest absolute Gasteiger partial charge is 0.450 e. The molecule has 0 unspecified atom stereocenters. The molecule has 0 aliphatic carbocycles. The summed E-state index contributed by atoms with van der Waals surface area (Å²) in [5.41, 5.74) is 0.872. The van der Waals surface area contributed by atoms with E-state index in [1.807, 2.05) is 0 Å². The minimum atomic E-state index is -0.674. The van der Waals surface area contributed by atoms with Gasteiger partial charge >= 0.3 is 17.9 Å². The first-order chi connectivity index (χ1) is 12.0. The summed E-state index contributed by atoms with van der Waals surface area (Å²) in [4.78, 5) is 38.6. The molecule has 7 nitrogen and oxygen atoms in total. The molecule has 1 aliphatic heterocycles. The van der Waals surface area contributed by atoms with Gasteiger partial charge in [-0.25, -0.2) is 9.18 Å². The zero-order valence-corrected chi connectivity index (χ0v) is 14.2. The normalized spacial score (nSPS) is 14.2.